The second kappa shape index (κ2) is 16.5. The van der Waals surface area contributed by atoms with Crippen LogP contribution in [0.2, 0.25) is 0 Å². The topological polar surface area (TPSA) is 153 Å². The highest BCUT2D eigenvalue weighted by Crippen LogP contribution is 2.47. The van der Waals surface area contributed by atoms with E-state index in [0.717, 1.165) is 48.1 Å². The highest BCUT2D eigenvalue weighted by atomic mass is 32.1. The second-order valence-electron chi connectivity index (χ2n) is 9.59. The molecular weight excluding hydrogens is 557 g/mol. The molecule has 0 saturated carbocycles. The number of amidine groups is 1. The third-order valence-electron chi connectivity index (χ3n) is 7.22. The van der Waals surface area contributed by atoms with E-state index in [4.69, 9.17) is 11.6 Å². The molecule has 1 unspecified atom stereocenters. The molecule has 0 aromatic carbocycles. The molecule has 0 radical (unpaired) electrons. The number of hydrazone groups is 1. The van der Waals surface area contributed by atoms with Gasteiger partial charge in [0.2, 0.25) is 5.91 Å². The van der Waals surface area contributed by atoms with E-state index in [0.29, 0.717) is 30.2 Å². The van der Waals surface area contributed by atoms with Crippen molar-refractivity contribution in [3.63, 3.8) is 0 Å². The monoisotopic (exact) mass is 602 g/mol. The van der Waals surface area contributed by atoms with E-state index < -0.39 is 5.41 Å². The summed E-state index contributed by atoms with van der Waals surface area (Å²) in [6, 6.07) is 5.93. The Morgan fingerprint density at radius 1 is 1.20 bits per heavy atom. The Labute approximate surface area is 252 Å². The van der Waals surface area contributed by atoms with Gasteiger partial charge in [-0.25, -0.2) is 11.4 Å². The van der Waals surface area contributed by atoms with E-state index in [2.05, 4.69) is 33.5 Å². The van der Waals surface area contributed by atoms with Crippen LogP contribution >= 0.6 is 22.7 Å². The molecule has 1 aliphatic heterocycles. The second-order valence-corrected chi connectivity index (χ2v) is 11.7. The lowest BCUT2D eigenvalue weighted by Gasteiger charge is -2.34. The maximum atomic E-state index is 12.9. The van der Waals surface area contributed by atoms with Crippen molar-refractivity contribution in [2.75, 3.05) is 33.7 Å². The number of nitrogens with two attached hydrogens (primary N) is 2. The Balaban J connectivity index is 0.00000141. The molecule has 10 nitrogen and oxygen atoms in total. The van der Waals surface area contributed by atoms with Crippen LogP contribution in [-0.4, -0.2) is 67.2 Å². The summed E-state index contributed by atoms with van der Waals surface area (Å²) in [7, 11) is 3.48. The molecule has 2 atom stereocenters. The number of hydrogen-bond donors (Lipinski definition) is 4. The number of thiophene rings is 2. The normalized spacial score (nSPS) is 19.6. The molecule has 41 heavy (non-hydrogen) atoms. The van der Waals surface area contributed by atoms with Gasteiger partial charge in [-0.2, -0.15) is 10.4 Å². The Morgan fingerprint density at radius 3 is 2.56 bits per heavy atom. The van der Waals surface area contributed by atoms with Crippen LogP contribution in [0.25, 0.3) is 0 Å². The van der Waals surface area contributed by atoms with Crippen LogP contribution in [0.3, 0.4) is 0 Å². The summed E-state index contributed by atoms with van der Waals surface area (Å²) in [5.41, 5.74) is 10.2. The quantitative estimate of drug-likeness (QED) is 0.118. The van der Waals surface area contributed by atoms with Gasteiger partial charge in [0.05, 0.1) is 22.9 Å². The van der Waals surface area contributed by atoms with Crippen LogP contribution < -0.4 is 22.4 Å². The molecule has 4 rings (SSSR count). The summed E-state index contributed by atoms with van der Waals surface area (Å²) < 4.78 is 0. The van der Waals surface area contributed by atoms with E-state index in [1.807, 2.05) is 33.8 Å². The largest absolute Gasteiger partial charge is 0.385 e. The van der Waals surface area contributed by atoms with Crippen molar-refractivity contribution in [1.82, 2.24) is 20.7 Å². The lowest BCUT2D eigenvalue weighted by atomic mass is 9.71. The van der Waals surface area contributed by atoms with E-state index in [1.54, 1.807) is 35.2 Å². The SMILES string of the molecule is CC.CC.CN(C)C(=O)c1cc2c(s1)CCc1sccc1C2(CCNCC(=O)N1CCCC[C@H]1C#N)/C(N)=N/NN. The minimum absolute atomic E-state index is 0.0534. The number of piperidine rings is 1. The zero-order chi connectivity index (χ0) is 30.6. The number of nitrogens with zero attached hydrogens (tertiary/aromatic N) is 4. The molecule has 2 aromatic rings. The Hall–Kier alpha value is -2.98. The molecule has 2 amide bonds. The first-order chi connectivity index (χ1) is 19.8. The Bertz CT molecular complexity index is 1220. The fourth-order valence-electron chi connectivity index (χ4n) is 5.36. The van der Waals surface area contributed by atoms with Crippen molar-refractivity contribution in [2.24, 2.45) is 16.7 Å². The van der Waals surface area contributed by atoms with Gasteiger partial charge < -0.3 is 20.9 Å². The number of likely N-dealkylation sites (tertiary alicyclic amines) is 1. The lowest BCUT2D eigenvalue weighted by Crippen LogP contribution is -2.48. The number of carbonyl (C=O) groups excluding carboxylic acids is 2. The fourth-order valence-corrected chi connectivity index (χ4v) is 7.58. The summed E-state index contributed by atoms with van der Waals surface area (Å²) >= 11 is 3.19. The predicted octanol–water partition coefficient (Wildman–Crippen LogP) is 3.57. The van der Waals surface area contributed by atoms with E-state index in [9.17, 15) is 14.9 Å². The van der Waals surface area contributed by atoms with Gasteiger partial charge in [-0.1, -0.05) is 27.7 Å². The predicted molar refractivity (Wildman–Crippen MR) is 169 cm³/mol. The number of aryl methyl sites for hydroxylation is 2. The van der Waals surface area contributed by atoms with Gasteiger partial charge in [0.1, 0.15) is 11.9 Å². The number of amides is 2. The minimum Gasteiger partial charge on any atom is -0.385 e. The zero-order valence-electron chi connectivity index (χ0n) is 25.2. The number of nitriles is 1. The highest BCUT2D eigenvalue weighted by molar-refractivity contribution is 7.14. The molecule has 3 heterocycles. The van der Waals surface area contributed by atoms with Crippen LogP contribution in [0.1, 0.15) is 83.9 Å². The summed E-state index contributed by atoms with van der Waals surface area (Å²) in [5, 5.41) is 19.0. The summed E-state index contributed by atoms with van der Waals surface area (Å²) in [4.78, 5) is 32.0. The van der Waals surface area contributed by atoms with Crippen molar-refractivity contribution in [1.29, 1.82) is 5.26 Å². The minimum atomic E-state index is -0.814. The molecule has 0 bridgehead atoms. The first-order valence-electron chi connectivity index (χ1n) is 14.4. The molecule has 2 aromatic heterocycles. The number of hydrazine groups is 1. The highest BCUT2D eigenvalue weighted by Gasteiger charge is 2.45. The maximum absolute atomic E-state index is 12.9. The number of nitrogens with one attached hydrogen (secondary N) is 2. The van der Waals surface area contributed by atoms with Gasteiger partial charge in [0.15, 0.2) is 0 Å². The van der Waals surface area contributed by atoms with Gasteiger partial charge in [0, 0.05) is 30.4 Å². The van der Waals surface area contributed by atoms with Gasteiger partial charge in [0.25, 0.3) is 5.91 Å². The van der Waals surface area contributed by atoms with Crippen LogP contribution in [0.5, 0.6) is 0 Å². The van der Waals surface area contributed by atoms with Crippen LogP contribution in [0.4, 0.5) is 0 Å². The molecule has 0 spiro atoms. The van der Waals surface area contributed by atoms with Crippen molar-refractivity contribution in [3.8, 4) is 6.07 Å². The molecule has 226 valence electrons. The van der Waals surface area contributed by atoms with E-state index >= 15 is 0 Å². The molecule has 1 fully saturated rings. The average molecular weight is 603 g/mol. The van der Waals surface area contributed by atoms with Gasteiger partial charge in [-0.15, -0.1) is 22.7 Å². The summed E-state index contributed by atoms with van der Waals surface area (Å²) in [6.07, 6.45) is 4.77. The number of fused-ring (bicyclic) bond motifs is 2. The summed E-state index contributed by atoms with van der Waals surface area (Å²) in [6.45, 7) is 9.22. The number of rotatable bonds is 8. The summed E-state index contributed by atoms with van der Waals surface area (Å²) in [5.74, 6) is 5.77. The van der Waals surface area contributed by atoms with Crippen molar-refractivity contribution in [2.45, 2.75) is 77.7 Å². The van der Waals surface area contributed by atoms with Gasteiger partial charge in [-0.05, 0) is 73.7 Å². The Kier molecular flexibility index (Phi) is 13.7. The first-order valence-corrected chi connectivity index (χ1v) is 16.1. The molecule has 6 N–H and O–H groups in total. The molecule has 1 aliphatic carbocycles. The van der Waals surface area contributed by atoms with E-state index in [-0.39, 0.29) is 24.4 Å². The average Bonchev–Trinajstić information content (AvgIpc) is 3.63. The third kappa shape index (κ3) is 7.46. The smallest absolute Gasteiger partial charge is 0.263 e. The van der Waals surface area contributed by atoms with Crippen LogP contribution in [-0.2, 0) is 23.1 Å². The van der Waals surface area contributed by atoms with Crippen molar-refractivity contribution in [3.05, 3.63) is 43.3 Å². The fraction of sp³-hybridized carbons (Fsp3) is 0.586. The molecule has 1 saturated heterocycles. The first kappa shape index (κ1) is 34.2. The van der Waals surface area contributed by atoms with E-state index in [1.165, 1.54) is 16.2 Å². The molecule has 12 heteroatoms. The number of hydrogen-bond acceptors (Lipinski definition) is 9. The maximum Gasteiger partial charge on any atom is 0.263 e. The molecule has 2 aliphatic rings. The Morgan fingerprint density at radius 2 is 1.90 bits per heavy atom. The third-order valence-corrected chi connectivity index (χ3v) is 9.38. The zero-order valence-corrected chi connectivity index (χ0v) is 26.9. The van der Waals surface area contributed by atoms with Crippen LogP contribution in [0.15, 0.2) is 22.6 Å². The van der Waals surface area contributed by atoms with Gasteiger partial charge >= 0.3 is 0 Å². The molecular formula is C29H46N8O2S2. The van der Waals surface area contributed by atoms with Crippen molar-refractivity contribution >= 4 is 40.3 Å². The van der Waals surface area contributed by atoms with Gasteiger partial charge in [-0.3, -0.25) is 9.59 Å². The van der Waals surface area contributed by atoms with Crippen LogP contribution in [0, 0.1) is 11.3 Å². The lowest BCUT2D eigenvalue weighted by molar-refractivity contribution is -0.132. The number of carbonyl (C=O) groups is 2. The van der Waals surface area contributed by atoms with Crippen molar-refractivity contribution < 1.29 is 9.59 Å². The standard InChI is InChI=1S/C25H34N8O2S2.2C2H6/c1-32(2)23(35)21-13-18-20(37-21)7-6-19-17(8-12-36-19)25(18,24(27)30-31-28)9-10-29-15-22(34)33-11-4-3-5-16(33)14-26;2*1-2/h8,12-13,16,29,31H,3-7,9-11,15,28H2,1-2H3,(H2,27,30);2*1-2H3/t16-,25?;;/m0../s1.